The third-order valence-electron chi connectivity index (χ3n) is 2.40. The zero-order chi connectivity index (χ0) is 15.8. The number of hydrogen-bond donors (Lipinski definition) is 1. The van der Waals surface area contributed by atoms with Crippen LogP contribution in [0.2, 0.25) is 0 Å². The first-order valence-corrected chi connectivity index (χ1v) is 7.59. The van der Waals surface area contributed by atoms with Gasteiger partial charge in [0.2, 0.25) is 5.92 Å². The number of thiocarbonyl (C=S) groups is 1. The van der Waals surface area contributed by atoms with Crippen molar-refractivity contribution in [2.45, 2.75) is 13.8 Å². The molecule has 21 heavy (non-hydrogen) atoms. The van der Waals surface area contributed by atoms with Gasteiger partial charge in [0, 0.05) is 10.2 Å². The normalized spacial score (nSPS) is 10.1. The van der Waals surface area contributed by atoms with Crippen molar-refractivity contribution < 1.29 is 19.1 Å². The van der Waals surface area contributed by atoms with Crippen LogP contribution in [0.1, 0.15) is 13.8 Å². The highest BCUT2D eigenvalue weighted by molar-refractivity contribution is 9.10. The van der Waals surface area contributed by atoms with Gasteiger partial charge in [0.1, 0.15) is 4.99 Å². The van der Waals surface area contributed by atoms with Crippen LogP contribution in [0, 0.1) is 5.92 Å². The van der Waals surface area contributed by atoms with E-state index < -0.39 is 17.9 Å². The topological polar surface area (TPSA) is 64.6 Å². The van der Waals surface area contributed by atoms with Crippen LogP contribution in [-0.2, 0) is 19.1 Å². The zero-order valence-electron chi connectivity index (χ0n) is 11.7. The number of halogens is 1. The van der Waals surface area contributed by atoms with Gasteiger partial charge in [0.05, 0.1) is 13.2 Å². The molecular formula is C14H16BrNO4S. The van der Waals surface area contributed by atoms with Gasteiger partial charge < -0.3 is 14.8 Å². The lowest BCUT2D eigenvalue weighted by atomic mass is 10.1. The molecule has 0 heterocycles. The van der Waals surface area contributed by atoms with E-state index >= 15 is 0 Å². The summed E-state index contributed by atoms with van der Waals surface area (Å²) < 4.78 is 10.6. The molecule has 114 valence electrons. The zero-order valence-corrected chi connectivity index (χ0v) is 14.1. The fourth-order valence-corrected chi connectivity index (χ4v) is 2.25. The van der Waals surface area contributed by atoms with Gasteiger partial charge in [-0.1, -0.05) is 34.2 Å². The van der Waals surface area contributed by atoms with Crippen molar-refractivity contribution in [2.24, 2.45) is 5.92 Å². The molecule has 1 N–H and O–H groups in total. The molecular weight excluding hydrogens is 358 g/mol. The lowest BCUT2D eigenvalue weighted by Gasteiger charge is -2.16. The van der Waals surface area contributed by atoms with Crippen LogP contribution in [0.15, 0.2) is 28.7 Å². The van der Waals surface area contributed by atoms with E-state index in [9.17, 15) is 9.59 Å². The molecule has 0 atom stereocenters. The van der Waals surface area contributed by atoms with E-state index in [1.54, 1.807) is 32.0 Å². The molecule has 0 aliphatic heterocycles. The van der Waals surface area contributed by atoms with Gasteiger partial charge in [-0.05, 0) is 32.0 Å². The molecule has 0 amide bonds. The summed E-state index contributed by atoms with van der Waals surface area (Å²) in [7, 11) is 0. The largest absolute Gasteiger partial charge is 0.465 e. The van der Waals surface area contributed by atoms with Crippen LogP contribution in [0.5, 0.6) is 0 Å². The summed E-state index contributed by atoms with van der Waals surface area (Å²) in [5, 5.41) is 2.86. The minimum absolute atomic E-state index is 0.0463. The first-order valence-electron chi connectivity index (χ1n) is 6.39. The third kappa shape index (κ3) is 5.43. The van der Waals surface area contributed by atoms with E-state index in [1.165, 1.54) is 0 Å². The molecule has 5 nitrogen and oxygen atoms in total. The maximum Gasteiger partial charge on any atom is 0.327 e. The Morgan fingerprint density at radius 1 is 1.24 bits per heavy atom. The van der Waals surface area contributed by atoms with Crippen molar-refractivity contribution in [1.29, 1.82) is 0 Å². The van der Waals surface area contributed by atoms with E-state index in [-0.39, 0.29) is 18.2 Å². The average molecular weight is 374 g/mol. The Labute approximate surface area is 137 Å². The SMILES string of the molecule is CCOC(=O)C(C(=O)OCC)C(=S)Nc1cccc(Br)c1. The van der Waals surface area contributed by atoms with Gasteiger partial charge >= 0.3 is 11.9 Å². The maximum absolute atomic E-state index is 11.9. The summed E-state index contributed by atoms with van der Waals surface area (Å²) >= 11 is 8.48. The number of rotatable bonds is 6. The van der Waals surface area contributed by atoms with Gasteiger partial charge in [-0.25, -0.2) is 0 Å². The highest BCUT2D eigenvalue weighted by Gasteiger charge is 2.34. The Morgan fingerprint density at radius 2 is 1.81 bits per heavy atom. The second kappa shape index (κ2) is 8.74. The van der Waals surface area contributed by atoms with Crippen LogP contribution >= 0.6 is 28.1 Å². The summed E-state index contributed by atoms with van der Waals surface area (Å²) in [5.74, 6) is -2.70. The molecule has 0 aromatic heterocycles. The highest BCUT2D eigenvalue weighted by Crippen LogP contribution is 2.17. The number of ether oxygens (including phenoxy) is 2. The van der Waals surface area contributed by atoms with Gasteiger partial charge in [0.15, 0.2) is 0 Å². The molecule has 0 fully saturated rings. The van der Waals surface area contributed by atoms with Crippen LogP contribution in [-0.4, -0.2) is 30.1 Å². The molecule has 0 saturated carbocycles. The Balaban J connectivity index is 2.89. The Kier molecular flexibility index (Phi) is 7.31. The summed E-state index contributed by atoms with van der Waals surface area (Å²) in [6.45, 7) is 3.64. The third-order valence-corrected chi connectivity index (χ3v) is 3.23. The number of esters is 2. The molecule has 1 aromatic carbocycles. The summed E-state index contributed by atoms with van der Waals surface area (Å²) in [6.07, 6.45) is 0. The molecule has 0 spiro atoms. The quantitative estimate of drug-likeness (QED) is 0.469. The number of nitrogens with one attached hydrogen (secondary N) is 1. The van der Waals surface area contributed by atoms with Crippen molar-refractivity contribution in [1.82, 2.24) is 0 Å². The Hall–Kier alpha value is -1.47. The molecule has 0 saturated heterocycles. The maximum atomic E-state index is 11.9. The molecule has 1 rings (SSSR count). The van der Waals surface area contributed by atoms with E-state index in [1.807, 2.05) is 6.07 Å². The molecule has 0 aliphatic rings. The molecule has 0 unspecified atom stereocenters. The smallest absolute Gasteiger partial charge is 0.327 e. The number of carbonyl (C=O) groups is 2. The molecule has 0 radical (unpaired) electrons. The van der Waals surface area contributed by atoms with Crippen molar-refractivity contribution >= 4 is 50.8 Å². The lowest BCUT2D eigenvalue weighted by Crippen LogP contribution is -2.37. The van der Waals surface area contributed by atoms with Crippen molar-refractivity contribution in [3.8, 4) is 0 Å². The second-order valence-corrected chi connectivity index (χ2v) is 5.29. The average Bonchev–Trinajstić information content (AvgIpc) is 2.39. The van der Waals surface area contributed by atoms with E-state index in [0.717, 1.165) is 4.47 Å². The van der Waals surface area contributed by atoms with Crippen molar-refractivity contribution in [2.75, 3.05) is 18.5 Å². The highest BCUT2D eigenvalue weighted by atomic mass is 79.9. The molecule has 1 aromatic rings. The standard InChI is InChI=1S/C14H16BrNO4S/c1-3-19-13(17)11(14(18)20-4-2)12(21)16-10-7-5-6-9(15)8-10/h5-8,11H,3-4H2,1-2H3,(H,16,21). The van der Waals surface area contributed by atoms with Crippen molar-refractivity contribution in [3.05, 3.63) is 28.7 Å². The fraction of sp³-hybridized carbons (Fsp3) is 0.357. The van der Waals surface area contributed by atoms with Crippen molar-refractivity contribution in [3.63, 3.8) is 0 Å². The van der Waals surface area contributed by atoms with Crippen LogP contribution in [0.25, 0.3) is 0 Å². The monoisotopic (exact) mass is 373 g/mol. The number of benzene rings is 1. The Bertz CT molecular complexity index is 517. The van der Waals surface area contributed by atoms with Crippen LogP contribution < -0.4 is 5.32 Å². The minimum atomic E-state index is -1.26. The van der Waals surface area contributed by atoms with E-state index in [4.69, 9.17) is 21.7 Å². The predicted molar refractivity (Wildman–Crippen MR) is 87.1 cm³/mol. The second-order valence-electron chi connectivity index (χ2n) is 3.94. The Morgan fingerprint density at radius 3 is 2.29 bits per heavy atom. The first-order chi connectivity index (χ1) is 9.99. The van der Waals surface area contributed by atoms with Gasteiger partial charge in [-0.2, -0.15) is 0 Å². The van der Waals surface area contributed by atoms with Crippen LogP contribution in [0.4, 0.5) is 5.69 Å². The van der Waals surface area contributed by atoms with Gasteiger partial charge in [-0.15, -0.1) is 0 Å². The van der Waals surface area contributed by atoms with Crippen LogP contribution in [0.3, 0.4) is 0 Å². The number of hydrogen-bond acceptors (Lipinski definition) is 5. The number of anilines is 1. The summed E-state index contributed by atoms with van der Waals surface area (Å²) in [5.41, 5.74) is 0.660. The fourth-order valence-electron chi connectivity index (χ4n) is 1.54. The molecule has 0 bridgehead atoms. The summed E-state index contributed by atoms with van der Waals surface area (Å²) in [6, 6.07) is 7.20. The minimum Gasteiger partial charge on any atom is -0.465 e. The summed E-state index contributed by atoms with van der Waals surface area (Å²) in [4.78, 5) is 23.8. The van der Waals surface area contributed by atoms with Gasteiger partial charge in [0.25, 0.3) is 0 Å². The molecule has 7 heteroatoms. The van der Waals surface area contributed by atoms with E-state index in [0.29, 0.717) is 5.69 Å². The first kappa shape index (κ1) is 17.6. The van der Waals surface area contributed by atoms with E-state index in [2.05, 4.69) is 21.2 Å². The predicted octanol–water partition coefficient (Wildman–Crippen LogP) is 2.93. The molecule has 0 aliphatic carbocycles. The van der Waals surface area contributed by atoms with Gasteiger partial charge in [-0.3, -0.25) is 9.59 Å². The lowest BCUT2D eigenvalue weighted by molar-refractivity contribution is -0.157. The number of carbonyl (C=O) groups excluding carboxylic acids is 2.